The maximum absolute atomic E-state index is 6.23. The Balaban J connectivity index is 1.41. The molecule has 1 spiro atoms. The zero-order chi connectivity index (χ0) is 18.7. The van der Waals surface area contributed by atoms with E-state index in [1.54, 1.807) is 7.11 Å². The van der Waals surface area contributed by atoms with E-state index < -0.39 is 0 Å². The van der Waals surface area contributed by atoms with Crippen LogP contribution < -0.4 is 10.1 Å². The summed E-state index contributed by atoms with van der Waals surface area (Å²) in [6.07, 6.45) is 8.58. The van der Waals surface area contributed by atoms with Gasteiger partial charge in [0.05, 0.1) is 24.6 Å². The minimum Gasteiger partial charge on any atom is -0.497 e. The molecule has 0 radical (unpaired) electrons. The Morgan fingerprint density at radius 1 is 1.37 bits per heavy atom. The lowest BCUT2D eigenvalue weighted by Crippen LogP contribution is -2.52. The Morgan fingerprint density at radius 3 is 3.04 bits per heavy atom. The molecule has 2 fully saturated rings. The van der Waals surface area contributed by atoms with Gasteiger partial charge >= 0.3 is 0 Å². The number of nitrogens with one attached hydrogen (secondary N) is 1. The fourth-order valence-electron chi connectivity index (χ4n) is 4.36. The van der Waals surface area contributed by atoms with Crippen molar-refractivity contribution in [2.24, 2.45) is 0 Å². The molecule has 146 valence electrons. The van der Waals surface area contributed by atoms with E-state index in [-0.39, 0.29) is 5.60 Å². The number of rotatable bonds is 5. The summed E-state index contributed by atoms with van der Waals surface area (Å²) in [5, 5.41) is 8.00. The highest BCUT2D eigenvalue weighted by atomic mass is 16.5. The molecular formula is C21H30N4O2. The number of methoxy groups -OCH3 is 1. The first-order chi connectivity index (χ1) is 13.2. The molecule has 1 atom stereocenters. The maximum Gasteiger partial charge on any atom is 0.121 e. The number of aromatic nitrogens is 2. The summed E-state index contributed by atoms with van der Waals surface area (Å²) >= 11 is 0. The van der Waals surface area contributed by atoms with Gasteiger partial charge < -0.3 is 14.8 Å². The molecule has 6 nitrogen and oxygen atoms in total. The Kier molecular flexibility index (Phi) is 5.48. The number of piperidine rings is 1. The SMILES string of the molecule is COc1cccc(-n2cc(CN(C)C3CCOC4(CCNCC4)C3)cn2)c1. The molecule has 2 aliphatic rings. The van der Waals surface area contributed by atoms with Gasteiger partial charge in [0.2, 0.25) is 0 Å². The average molecular weight is 370 g/mol. The summed E-state index contributed by atoms with van der Waals surface area (Å²) in [5.41, 5.74) is 2.34. The quantitative estimate of drug-likeness (QED) is 0.877. The molecule has 6 heteroatoms. The summed E-state index contributed by atoms with van der Waals surface area (Å²) in [5.74, 6) is 0.844. The lowest BCUT2D eigenvalue weighted by Gasteiger charge is -2.46. The highest BCUT2D eigenvalue weighted by Gasteiger charge is 2.39. The normalized spacial score (nSPS) is 22.3. The highest BCUT2D eigenvalue weighted by molar-refractivity contribution is 5.38. The molecule has 1 aromatic heterocycles. The van der Waals surface area contributed by atoms with Crippen LogP contribution in [0.15, 0.2) is 36.7 Å². The van der Waals surface area contributed by atoms with Crippen LogP contribution in [-0.4, -0.2) is 60.2 Å². The topological polar surface area (TPSA) is 51.5 Å². The van der Waals surface area contributed by atoms with Gasteiger partial charge in [-0.15, -0.1) is 0 Å². The van der Waals surface area contributed by atoms with Crippen LogP contribution in [0.4, 0.5) is 0 Å². The van der Waals surface area contributed by atoms with Crippen LogP contribution in [0.1, 0.15) is 31.2 Å². The number of hydrogen-bond donors (Lipinski definition) is 1. The lowest BCUT2D eigenvalue weighted by molar-refractivity contribution is -0.119. The van der Waals surface area contributed by atoms with Gasteiger partial charge in [0.15, 0.2) is 0 Å². The third-order valence-corrected chi connectivity index (χ3v) is 5.99. The summed E-state index contributed by atoms with van der Waals surface area (Å²) in [6.45, 7) is 3.93. The smallest absolute Gasteiger partial charge is 0.121 e. The van der Waals surface area contributed by atoms with Crippen molar-refractivity contribution in [2.45, 2.75) is 43.9 Å². The third kappa shape index (κ3) is 4.18. The van der Waals surface area contributed by atoms with Crippen molar-refractivity contribution in [3.05, 3.63) is 42.2 Å². The van der Waals surface area contributed by atoms with Crippen LogP contribution in [0.2, 0.25) is 0 Å². The van der Waals surface area contributed by atoms with Crippen molar-refractivity contribution in [3.63, 3.8) is 0 Å². The van der Waals surface area contributed by atoms with Crippen LogP contribution in [-0.2, 0) is 11.3 Å². The molecule has 0 aliphatic carbocycles. The van der Waals surface area contributed by atoms with E-state index in [0.717, 1.165) is 63.4 Å². The van der Waals surface area contributed by atoms with E-state index in [0.29, 0.717) is 6.04 Å². The third-order valence-electron chi connectivity index (χ3n) is 5.99. The van der Waals surface area contributed by atoms with Gasteiger partial charge in [-0.25, -0.2) is 4.68 Å². The molecule has 0 saturated carbocycles. The van der Waals surface area contributed by atoms with Crippen LogP contribution in [0.3, 0.4) is 0 Å². The summed E-state index contributed by atoms with van der Waals surface area (Å²) < 4.78 is 13.5. The van der Waals surface area contributed by atoms with E-state index in [1.165, 1.54) is 5.56 Å². The van der Waals surface area contributed by atoms with Crippen LogP contribution in [0.25, 0.3) is 5.69 Å². The molecule has 0 bridgehead atoms. The lowest BCUT2D eigenvalue weighted by atomic mass is 9.82. The van der Waals surface area contributed by atoms with E-state index in [4.69, 9.17) is 9.47 Å². The monoisotopic (exact) mass is 370 g/mol. The molecule has 1 unspecified atom stereocenters. The molecule has 2 aliphatic heterocycles. The largest absolute Gasteiger partial charge is 0.497 e. The predicted molar refractivity (Wildman–Crippen MR) is 105 cm³/mol. The summed E-state index contributed by atoms with van der Waals surface area (Å²) in [4.78, 5) is 2.47. The van der Waals surface area contributed by atoms with E-state index in [9.17, 15) is 0 Å². The Morgan fingerprint density at radius 2 is 2.22 bits per heavy atom. The minimum atomic E-state index is 0.0905. The Bertz CT molecular complexity index is 749. The first kappa shape index (κ1) is 18.5. The molecule has 3 heterocycles. The zero-order valence-electron chi connectivity index (χ0n) is 16.4. The van der Waals surface area contributed by atoms with E-state index >= 15 is 0 Å². The highest BCUT2D eigenvalue weighted by Crippen LogP contribution is 2.35. The fraction of sp³-hybridized carbons (Fsp3) is 0.571. The molecule has 4 rings (SSSR count). The van der Waals surface area contributed by atoms with Gasteiger partial charge in [0.1, 0.15) is 5.75 Å². The van der Waals surface area contributed by atoms with Gasteiger partial charge in [0, 0.05) is 37.0 Å². The van der Waals surface area contributed by atoms with Crippen molar-refractivity contribution in [3.8, 4) is 11.4 Å². The van der Waals surface area contributed by atoms with Crippen molar-refractivity contribution < 1.29 is 9.47 Å². The van der Waals surface area contributed by atoms with Crippen molar-refractivity contribution >= 4 is 0 Å². The van der Waals surface area contributed by atoms with E-state index in [1.807, 2.05) is 35.1 Å². The Hall–Kier alpha value is -1.89. The van der Waals surface area contributed by atoms with Crippen LogP contribution in [0, 0.1) is 0 Å². The van der Waals surface area contributed by atoms with E-state index in [2.05, 4.69) is 28.6 Å². The maximum atomic E-state index is 6.23. The second-order valence-electron chi connectivity index (χ2n) is 7.84. The standard InChI is InChI=1S/C21H30N4O2/c1-24(19-6-11-27-21(13-19)7-9-22-10-8-21)15-17-14-23-25(16-17)18-4-3-5-20(12-18)26-2/h3-5,12,14,16,19,22H,6-11,13,15H2,1-2H3. The molecule has 1 aromatic carbocycles. The second kappa shape index (κ2) is 8.00. The molecule has 27 heavy (non-hydrogen) atoms. The Labute approximate surface area is 161 Å². The van der Waals surface area contributed by atoms with Crippen LogP contribution in [0.5, 0.6) is 5.75 Å². The molecule has 2 saturated heterocycles. The second-order valence-corrected chi connectivity index (χ2v) is 7.84. The average Bonchev–Trinajstić information content (AvgIpc) is 3.17. The summed E-state index contributed by atoms with van der Waals surface area (Å²) in [7, 11) is 3.92. The van der Waals surface area contributed by atoms with Gasteiger partial charge in [-0.05, 0) is 58.0 Å². The van der Waals surface area contributed by atoms with Gasteiger partial charge in [-0.3, -0.25) is 4.90 Å². The molecular weight excluding hydrogens is 340 g/mol. The van der Waals surface area contributed by atoms with Crippen molar-refractivity contribution in [1.82, 2.24) is 20.0 Å². The number of hydrogen-bond acceptors (Lipinski definition) is 5. The molecule has 0 amide bonds. The van der Waals surface area contributed by atoms with Crippen molar-refractivity contribution in [1.29, 1.82) is 0 Å². The fourth-order valence-corrected chi connectivity index (χ4v) is 4.36. The van der Waals surface area contributed by atoms with Crippen LogP contribution >= 0.6 is 0 Å². The molecule has 2 aromatic rings. The predicted octanol–water partition coefficient (Wildman–Crippen LogP) is 2.61. The first-order valence-corrected chi connectivity index (χ1v) is 9.90. The van der Waals surface area contributed by atoms with Gasteiger partial charge in [-0.2, -0.15) is 5.10 Å². The number of nitrogens with zero attached hydrogens (tertiary/aromatic N) is 3. The minimum absolute atomic E-state index is 0.0905. The number of ether oxygens (including phenoxy) is 2. The van der Waals surface area contributed by atoms with Gasteiger partial charge in [-0.1, -0.05) is 6.07 Å². The summed E-state index contributed by atoms with van der Waals surface area (Å²) in [6, 6.07) is 8.55. The molecule has 1 N–H and O–H groups in total. The zero-order valence-corrected chi connectivity index (χ0v) is 16.4. The van der Waals surface area contributed by atoms with Gasteiger partial charge in [0.25, 0.3) is 0 Å². The number of benzene rings is 1. The first-order valence-electron chi connectivity index (χ1n) is 9.90. The van der Waals surface area contributed by atoms with Crippen molar-refractivity contribution in [2.75, 3.05) is 33.9 Å².